The fourth-order valence-electron chi connectivity index (χ4n) is 2.11. The lowest BCUT2D eigenvalue weighted by Crippen LogP contribution is -2.28. The minimum Gasteiger partial charge on any atom is -0.352 e. The van der Waals surface area contributed by atoms with Gasteiger partial charge in [0.25, 0.3) is 5.91 Å². The van der Waals surface area contributed by atoms with Gasteiger partial charge in [-0.05, 0) is 43.5 Å². The van der Waals surface area contributed by atoms with E-state index in [4.69, 9.17) is 0 Å². The highest BCUT2D eigenvalue weighted by molar-refractivity contribution is 6.07. The zero-order valence-electron chi connectivity index (χ0n) is 11.8. The fraction of sp³-hybridized carbons (Fsp3) is 0.467. The Hall–Kier alpha value is -1.84. The maximum atomic E-state index is 12.0. The molecule has 1 aromatic carbocycles. The largest absolute Gasteiger partial charge is 0.352 e. The van der Waals surface area contributed by atoms with Crippen molar-refractivity contribution in [3.63, 3.8) is 0 Å². The summed E-state index contributed by atoms with van der Waals surface area (Å²) in [4.78, 5) is 23.9. The van der Waals surface area contributed by atoms with Crippen molar-refractivity contribution in [2.75, 3.05) is 11.9 Å². The number of rotatable bonds is 3. The van der Waals surface area contributed by atoms with Crippen molar-refractivity contribution in [2.45, 2.75) is 33.1 Å². The standard InChI is InChI=1S/C15H20N2O2/c1-9(2)8-16-13(18)10-5-6-12-11(7-10)15(3,4)14(19)17-12/h5-7,9H,8H2,1-4H3,(H,16,18)(H,17,19). The van der Waals surface area contributed by atoms with Gasteiger partial charge in [0, 0.05) is 17.8 Å². The van der Waals surface area contributed by atoms with Crippen molar-refractivity contribution in [2.24, 2.45) is 5.92 Å². The summed E-state index contributed by atoms with van der Waals surface area (Å²) in [6, 6.07) is 5.35. The predicted molar refractivity (Wildman–Crippen MR) is 75.3 cm³/mol. The molecule has 0 unspecified atom stereocenters. The van der Waals surface area contributed by atoms with Crippen LogP contribution in [0.25, 0.3) is 0 Å². The molecule has 0 saturated carbocycles. The Morgan fingerprint density at radius 1 is 1.37 bits per heavy atom. The predicted octanol–water partition coefficient (Wildman–Crippen LogP) is 2.30. The zero-order chi connectivity index (χ0) is 14.2. The second-order valence-corrected chi connectivity index (χ2v) is 5.94. The third kappa shape index (κ3) is 2.48. The van der Waals surface area contributed by atoms with Gasteiger partial charge in [0.2, 0.25) is 5.91 Å². The first-order valence-electron chi connectivity index (χ1n) is 6.56. The van der Waals surface area contributed by atoms with E-state index in [2.05, 4.69) is 24.5 Å². The van der Waals surface area contributed by atoms with Crippen molar-refractivity contribution in [3.05, 3.63) is 29.3 Å². The van der Waals surface area contributed by atoms with Crippen LogP contribution in [0.5, 0.6) is 0 Å². The summed E-state index contributed by atoms with van der Waals surface area (Å²) in [6.07, 6.45) is 0. The third-order valence-electron chi connectivity index (χ3n) is 3.44. The monoisotopic (exact) mass is 260 g/mol. The van der Waals surface area contributed by atoms with Crippen molar-refractivity contribution in [1.29, 1.82) is 0 Å². The summed E-state index contributed by atoms with van der Waals surface area (Å²) in [5, 5.41) is 5.72. The highest BCUT2D eigenvalue weighted by Crippen LogP contribution is 2.37. The third-order valence-corrected chi connectivity index (χ3v) is 3.44. The van der Waals surface area contributed by atoms with Crippen molar-refractivity contribution < 1.29 is 9.59 Å². The highest BCUT2D eigenvalue weighted by Gasteiger charge is 2.38. The number of fused-ring (bicyclic) bond motifs is 1. The summed E-state index contributed by atoms with van der Waals surface area (Å²) in [5.41, 5.74) is 1.71. The molecule has 102 valence electrons. The molecule has 0 bridgehead atoms. The molecule has 1 aromatic rings. The summed E-state index contributed by atoms with van der Waals surface area (Å²) in [7, 11) is 0. The van der Waals surface area contributed by atoms with E-state index in [1.807, 2.05) is 19.9 Å². The van der Waals surface area contributed by atoms with Crippen LogP contribution in [0.4, 0.5) is 5.69 Å². The van der Waals surface area contributed by atoms with Gasteiger partial charge in [0.1, 0.15) is 0 Å². The minimum absolute atomic E-state index is 0.0257. The van der Waals surface area contributed by atoms with Crippen LogP contribution in [-0.2, 0) is 10.2 Å². The number of carbonyl (C=O) groups excluding carboxylic acids is 2. The lowest BCUT2D eigenvalue weighted by atomic mass is 9.85. The van der Waals surface area contributed by atoms with E-state index >= 15 is 0 Å². The van der Waals surface area contributed by atoms with Gasteiger partial charge < -0.3 is 10.6 Å². The van der Waals surface area contributed by atoms with E-state index in [1.165, 1.54) is 0 Å². The smallest absolute Gasteiger partial charge is 0.251 e. The molecule has 1 heterocycles. The van der Waals surface area contributed by atoms with Crippen molar-refractivity contribution >= 4 is 17.5 Å². The average molecular weight is 260 g/mol. The molecule has 2 amide bonds. The Bertz CT molecular complexity index is 533. The lowest BCUT2D eigenvalue weighted by molar-refractivity contribution is -0.119. The fourth-order valence-corrected chi connectivity index (χ4v) is 2.11. The van der Waals surface area contributed by atoms with Gasteiger partial charge in [-0.3, -0.25) is 9.59 Å². The molecule has 4 nitrogen and oxygen atoms in total. The number of hydrogen-bond acceptors (Lipinski definition) is 2. The normalized spacial score (nSPS) is 16.2. The molecule has 19 heavy (non-hydrogen) atoms. The van der Waals surface area contributed by atoms with E-state index in [-0.39, 0.29) is 11.8 Å². The molecule has 0 saturated heterocycles. The molecule has 0 aromatic heterocycles. The van der Waals surface area contributed by atoms with Crippen molar-refractivity contribution in [1.82, 2.24) is 5.32 Å². The zero-order valence-corrected chi connectivity index (χ0v) is 11.8. The molecule has 0 atom stereocenters. The molecule has 4 heteroatoms. The van der Waals surface area contributed by atoms with Gasteiger partial charge in [0.05, 0.1) is 5.41 Å². The van der Waals surface area contributed by atoms with Gasteiger partial charge in [-0.25, -0.2) is 0 Å². The van der Waals surface area contributed by atoms with Gasteiger partial charge >= 0.3 is 0 Å². The summed E-state index contributed by atoms with van der Waals surface area (Å²) in [6.45, 7) is 8.48. The number of hydrogen-bond donors (Lipinski definition) is 2. The average Bonchev–Trinajstić information content (AvgIpc) is 2.57. The first-order valence-corrected chi connectivity index (χ1v) is 6.56. The van der Waals surface area contributed by atoms with Gasteiger partial charge in [-0.1, -0.05) is 13.8 Å². The molecular weight excluding hydrogens is 240 g/mol. The first-order chi connectivity index (χ1) is 8.82. The van der Waals surface area contributed by atoms with Crippen LogP contribution in [0.15, 0.2) is 18.2 Å². The van der Waals surface area contributed by atoms with E-state index in [9.17, 15) is 9.59 Å². The Labute approximate surface area is 113 Å². The number of anilines is 1. The van der Waals surface area contributed by atoms with Crippen LogP contribution < -0.4 is 10.6 Å². The van der Waals surface area contributed by atoms with Gasteiger partial charge in [-0.2, -0.15) is 0 Å². The van der Waals surface area contributed by atoms with E-state index in [0.29, 0.717) is 18.0 Å². The van der Waals surface area contributed by atoms with Crippen LogP contribution in [0.3, 0.4) is 0 Å². The molecule has 1 aliphatic rings. The topological polar surface area (TPSA) is 58.2 Å². The molecule has 1 aliphatic heterocycles. The van der Waals surface area contributed by atoms with Crippen LogP contribution in [-0.4, -0.2) is 18.4 Å². The second kappa shape index (κ2) is 4.68. The molecule has 0 aliphatic carbocycles. The summed E-state index contributed by atoms with van der Waals surface area (Å²) >= 11 is 0. The van der Waals surface area contributed by atoms with E-state index in [1.54, 1.807) is 12.1 Å². The Morgan fingerprint density at radius 3 is 2.68 bits per heavy atom. The summed E-state index contributed by atoms with van der Waals surface area (Å²) < 4.78 is 0. The number of amides is 2. The van der Waals surface area contributed by atoms with E-state index < -0.39 is 5.41 Å². The molecule has 0 spiro atoms. The molecule has 2 N–H and O–H groups in total. The Morgan fingerprint density at radius 2 is 2.05 bits per heavy atom. The number of carbonyl (C=O) groups is 2. The second-order valence-electron chi connectivity index (χ2n) is 5.94. The number of benzene rings is 1. The molecular formula is C15H20N2O2. The number of nitrogens with one attached hydrogen (secondary N) is 2. The first kappa shape index (κ1) is 13.6. The van der Waals surface area contributed by atoms with Crippen LogP contribution >= 0.6 is 0 Å². The minimum atomic E-state index is -0.580. The van der Waals surface area contributed by atoms with Crippen LogP contribution in [0, 0.1) is 5.92 Å². The van der Waals surface area contributed by atoms with Crippen molar-refractivity contribution in [3.8, 4) is 0 Å². The quantitative estimate of drug-likeness (QED) is 0.876. The van der Waals surface area contributed by atoms with Crippen LogP contribution in [0.2, 0.25) is 0 Å². The van der Waals surface area contributed by atoms with E-state index in [0.717, 1.165) is 11.3 Å². The van der Waals surface area contributed by atoms with Gasteiger partial charge in [-0.15, -0.1) is 0 Å². The maximum absolute atomic E-state index is 12.0. The Kier molecular flexibility index (Phi) is 3.35. The lowest BCUT2D eigenvalue weighted by Gasteiger charge is -2.16. The SMILES string of the molecule is CC(C)CNC(=O)c1ccc2c(c1)C(C)(C)C(=O)N2. The molecule has 0 radical (unpaired) electrons. The van der Waals surface area contributed by atoms with Crippen LogP contribution in [0.1, 0.15) is 43.6 Å². The Balaban J connectivity index is 2.25. The molecule has 2 rings (SSSR count). The summed E-state index contributed by atoms with van der Waals surface area (Å²) in [5.74, 6) is 0.298. The van der Waals surface area contributed by atoms with Gasteiger partial charge in [0.15, 0.2) is 0 Å². The maximum Gasteiger partial charge on any atom is 0.251 e. The highest BCUT2D eigenvalue weighted by atomic mass is 16.2. The molecule has 0 fully saturated rings.